The lowest BCUT2D eigenvalue weighted by Crippen LogP contribution is -2.45. The van der Waals surface area contributed by atoms with Crippen molar-refractivity contribution in [1.82, 2.24) is 5.32 Å². The SMILES string of the molecule is CC(Cc1ccccc1)NC1CCCCC1C(C)C. The van der Waals surface area contributed by atoms with Crippen molar-refractivity contribution in [2.45, 2.75) is 65.0 Å². The Hall–Kier alpha value is -0.820. The second kappa shape index (κ2) is 7.09. The van der Waals surface area contributed by atoms with Gasteiger partial charge in [-0.2, -0.15) is 0 Å². The molecule has 3 unspecified atom stereocenters. The van der Waals surface area contributed by atoms with Crippen LogP contribution >= 0.6 is 0 Å². The molecule has 0 aromatic heterocycles. The van der Waals surface area contributed by atoms with Crippen LogP contribution in [0.1, 0.15) is 52.0 Å². The summed E-state index contributed by atoms with van der Waals surface area (Å²) in [7, 11) is 0. The molecule has 1 aliphatic carbocycles. The first-order valence-corrected chi connectivity index (χ1v) is 7.97. The molecule has 0 saturated heterocycles. The standard InChI is InChI=1S/C18H29N/c1-14(2)17-11-7-8-12-18(17)19-15(3)13-16-9-5-4-6-10-16/h4-6,9-10,14-15,17-19H,7-8,11-13H2,1-3H3. The third-order valence-electron chi connectivity index (χ3n) is 4.56. The zero-order valence-corrected chi connectivity index (χ0v) is 12.7. The second-order valence-corrected chi connectivity index (χ2v) is 6.56. The summed E-state index contributed by atoms with van der Waals surface area (Å²) < 4.78 is 0. The van der Waals surface area contributed by atoms with Gasteiger partial charge in [-0.15, -0.1) is 0 Å². The lowest BCUT2D eigenvalue weighted by atomic mass is 9.77. The maximum atomic E-state index is 3.90. The molecule has 0 bridgehead atoms. The molecule has 0 aliphatic heterocycles. The molecule has 1 fully saturated rings. The predicted octanol–water partition coefficient (Wildman–Crippen LogP) is 4.42. The molecule has 0 amide bonds. The van der Waals surface area contributed by atoms with Crippen molar-refractivity contribution in [3.8, 4) is 0 Å². The Morgan fingerprint density at radius 3 is 2.42 bits per heavy atom. The largest absolute Gasteiger partial charge is 0.311 e. The molecular weight excluding hydrogens is 230 g/mol. The summed E-state index contributed by atoms with van der Waals surface area (Å²) in [6, 6.07) is 12.1. The van der Waals surface area contributed by atoms with Crippen LogP contribution in [-0.2, 0) is 6.42 Å². The summed E-state index contributed by atoms with van der Waals surface area (Å²) in [5.74, 6) is 1.67. The van der Waals surface area contributed by atoms with E-state index in [1.54, 1.807) is 0 Å². The Kier molecular flexibility index (Phi) is 5.45. The molecule has 1 aromatic carbocycles. The number of hydrogen-bond donors (Lipinski definition) is 1. The van der Waals surface area contributed by atoms with Crippen molar-refractivity contribution in [2.24, 2.45) is 11.8 Å². The van der Waals surface area contributed by atoms with Crippen molar-refractivity contribution >= 4 is 0 Å². The average molecular weight is 259 g/mol. The fraction of sp³-hybridized carbons (Fsp3) is 0.667. The fourth-order valence-corrected chi connectivity index (χ4v) is 3.56. The normalized spacial score (nSPS) is 25.5. The molecule has 3 atom stereocenters. The van der Waals surface area contributed by atoms with E-state index in [-0.39, 0.29) is 0 Å². The maximum absolute atomic E-state index is 3.90. The summed E-state index contributed by atoms with van der Waals surface area (Å²) >= 11 is 0. The molecule has 1 aliphatic rings. The van der Waals surface area contributed by atoms with Gasteiger partial charge >= 0.3 is 0 Å². The molecule has 1 heteroatoms. The topological polar surface area (TPSA) is 12.0 Å². The van der Waals surface area contributed by atoms with Crippen LogP contribution in [-0.4, -0.2) is 12.1 Å². The highest BCUT2D eigenvalue weighted by molar-refractivity contribution is 5.15. The molecule has 2 rings (SSSR count). The van der Waals surface area contributed by atoms with Crippen LogP contribution in [0.4, 0.5) is 0 Å². The van der Waals surface area contributed by atoms with Crippen LogP contribution in [0.5, 0.6) is 0 Å². The van der Waals surface area contributed by atoms with E-state index in [1.165, 1.54) is 31.2 Å². The van der Waals surface area contributed by atoms with E-state index in [1.807, 2.05) is 0 Å². The Bertz CT molecular complexity index is 357. The van der Waals surface area contributed by atoms with E-state index in [2.05, 4.69) is 56.4 Å². The second-order valence-electron chi connectivity index (χ2n) is 6.56. The van der Waals surface area contributed by atoms with Crippen molar-refractivity contribution in [3.05, 3.63) is 35.9 Å². The van der Waals surface area contributed by atoms with E-state index in [0.29, 0.717) is 6.04 Å². The zero-order chi connectivity index (χ0) is 13.7. The molecule has 1 aromatic rings. The van der Waals surface area contributed by atoms with Gasteiger partial charge in [0.25, 0.3) is 0 Å². The Labute approximate surface area is 118 Å². The van der Waals surface area contributed by atoms with Crippen LogP contribution in [0.25, 0.3) is 0 Å². The smallest absolute Gasteiger partial charge is 0.0100 e. The molecule has 19 heavy (non-hydrogen) atoms. The molecule has 1 nitrogen and oxygen atoms in total. The first kappa shape index (κ1) is 14.6. The van der Waals surface area contributed by atoms with Crippen LogP contribution < -0.4 is 5.32 Å². The highest BCUT2D eigenvalue weighted by Gasteiger charge is 2.28. The van der Waals surface area contributed by atoms with Gasteiger partial charge in [-0.25, -0.2) is 0 Å². The van der Waals surface area contributed by atoms with Crippen LogP contribution in [0.3, 0.4) is 0 Å². The minimum Gasteiger partial charge on any atom is -0.311 e. The van der Waals surface area contributed by atoms with Gasteiger partial charge in [0.05, 0.1) is 0 Å². The van der Waals surface area contributed by atoms with Gasteiger partial charge in [0.2, 0.25) is 0 Å². The van der Waals surface area contributed by atoms with Gasteiger partial charge in [-0.1, -0.05) is 57.0 Å². The van der Waals surface area contributed by atoms with Gasteiger partial charge in [-0.05, 0) is 43.6 Å². The minimum atomic E-state index is 0.576. The monoisotopic (exact) mass is 259 g/mol. The Balaban J connectivity index is 1.88. The number of benzene rings is 1. The molecule has 1 N–H and O–H groups in total. The van der Waals surface area contributed by atoms with Crippen molar-refractivity contribution in [2.75, 3.05) is 0 Å². The van der Waals surface area contributed by atoms with E-state index < -0.39 is 0 Å². The average Bonchev–Trinajstić information content (AvgIpc) is 2.40. The zero-order valence-electron chi connectivity index (χ0n) is 12.7. The third kappa shape index (κ3) is 4.35. The molecule has 0 spiro atoms. The van der Waals surface area contributed by atoms with E-state index in [9.17, 15) is 0 Å². The summed E-state index contributed by atoms with van der Waals surface area (Å²) in [6.07, 6.45) is 6.74. The molecule has 0 radical (unpaired) electrons. The summed E-state index contributed by atoms with van der Waals surface area (Å²) in [6.45, 7) is 7.10. The number of nitrogens with one attached hydrogen (secondary N) is 1. The van der Waals surface area contributed by atoms with Crippen molar-refractivity contribution < 1.29 is 0 Å². The maximum Gasteiger partial charge on any atom is 0.0100 e. The van der Waals surface area contributed by atoms with E-state index >= 15 is 0 Å². The van der Waals surface area contributed by atoms with Crippen LogP contribution in [0.2, 0.25) is 0 Å². The summed E-state index contributed by atoms with van der Waals surface area (Å²) in [5.41, 5.74) is 1.44. The van der Waals surface area contributed by atoms with Crippen LogP contribution in [0.15, 0.2) is 30.3 Å². The molecule has 0 heterocycles. The van der Waals surface area contributed by atoms with Crippen molar-refractivity contribution in [1.29, 1.82) is 0 Å². The van der Waals surface area contributed by atoms with Gasteiger partial charge in [0.1, 0.15) is 0 Å². The lowest BCUT2D eigenvalue weighted by Gasteiger charge is -2.37. The van der Waals surface area contributed by atoms with Crippen LogP contribution in [0, 0.1) is 11.8 Å². The molecule has 106 valence electrons. The molecular formula is C18H29N. The molecule has 1 saturated carbocycles. The third-order valence-corrected chi connectivity index (χ3v) is 4.56. The summed E-state index contributed by atoms with van der Waals surface area (Å²) in [4.78, 5) is 0. The van der Waals surface area contributed by atoms with Crippen molar-refractivity contribution in [3.63, 3.8) is 0 Å². The quantitative estimate of drug-likeness (QED) is 0.825. The lowest BCUT2D eigenvalue weighted by molar-refractivity contribution is 0.194. The first-order chi connectivity index (χ1) is 9.16. The van der Waals surface area contributed by atoms with Gasteiger partial charge in [0.15, 0.2) is 0 Å². The number of hydrogen-bond acceptors (Lipinski definition) is 1. The van der Waals surface area contributed by atoms with Gasteiger partial charge in [0, 0.05) is 12.1 Å². The first-order valence-electron chi connectivity index (χ1n) is 7.97. The predicted molar refractivity (Wildman–Crippen MR) is 83.3 cm³/mol. The van der Waals surface area contributed by atoms with Gasteiger partial charge < -0.3 is 5.32 Å². The highest BCUT2D eigenvalue weighted by atomic mass is 15.0. The van der Waals surface area contributed by atoms with E-state index in [4.69, 9.17) is 0 Å². The number of rotatable bonds is 5. The summed E-state index contributed by atoms with van der Waals surface area (Å²) in [5, 5.41) is 3.90. The van der Waals surface area contributed by atoms with E-state index in [0.717, 1.165) is 24.3 Å². The van der Waals surface area contributed by atoms with Gasteiger partial charge in [-0.3, -0.25) is 0 Å². The Morgan fingerprint density at radius 1 is 1.05 bits per heavy atom. The highest BCUT2D eigenvalue weighted by Crippen LogP contribution is 2.30. The fourth-order valence-electron chi connectivity index (χ4n) is 3.56. The Morgan fingerprint density at radius 2 is 1.74 bits per heavy atom. The minimum absolute atomic E-state index is 0.576.